The van der Waals surface area contributed by atoms with Crippen LogP contribution in [0.25, 0.3) is 5.00 Å². The van der Waals surface area contributed by atoms with E-state index >= 15 is 0 Å². The fourth-order valence-corrected chi connectivity index (χ4v) is 5.49. The highest BCUT2D eigenvalue weighted by atomic mass is 32.2. The van der Waals surface area contributed by atoms with E-state index in [1.54, 1.807) is 11.3 Å². The van der Waals surface area contributed by atoms with Gasteiger partial charge >= 0.3 is 0 Å². The van der Waals surface area contributed by atoms with Gasteiger partial charge in [0.15, 0.2) is 9.84 Å². The summed E-state index contributed by atoms with van der Waals surface area (Å²) in [4.78, 5) is 13.7. The summed E-state index contributed by atoms with van der Waals surface area (Å²) in [7, 11) is -3.00. The first kappa shape index (κ1) is 15.3. The van der Waals surface area contributed by atoms with Crippen molar-refractivity contribution in [3.05, 3.63) is 40.5 Å². The molecule has 0 aromatic carbocycles. The lowest BCUT2D eigenvalue weighted by atomic mass is 10.1. The van der Waals surface area contributed by atoms with Crippen molar-refractivity contribution in [2.75, 3.05) is 11.5 Å². The van der Waals surface area contributed by atoms with Crippen LogP contribution in [0, 0.1) is 13.8 Å². The number of aryl methyl sites for hydroxylation is 1. The van der Waals surface area contributed by atoms with Gasteiger partial charge in [0.2, 0.25) is 0 Å². The lowest BCUT2D eigenvalue weighted by Gasteiger charge is -2.12. The van der Waals surface area contributed by atoms with Crippen LogP contribution in [0.4, 0.5) is 0 Å². The van der Waals surface area contributed by atoms with E-state index < -0.39 is 9.84 Å². The molecule has 1 fully saturated rings. The van der Waals surface area contributed by atoms with Gasteiger partial charge in [-0.2, -0.15) is 0 Å². The molecular weight excluding hydrogens is 320 g/mol. The van der Waals surface area contributed by atoms with E-state index in [0.29, 0.717) is 12.0 Å². The fourth-order valence-electron chi connectivity index (χ4n) is 2.69. The van der Waals surface area contributed by atoms with E-state index in [1.807, 2.05) is 42.9 Å². The molecule has 0 radical (unpaired) electrons. The molecule has 22 heavy (non-hydrogen) atoms. The summed E-state index contributed by atoms with van der Waals surface area (Å²) in [6, 6.07) is 3.54. The molecule has 3 rings (SSSR count). The van der Waals surface area contributed by atoms with Crippen LogP contribution < -0.4 is 5.32 Å². The first-order chi connectivity index (χ1) is 10.4. The number of nitrogens with one attached hydrogen (secondary N) is 1. The van der Waals surface area contributed by atoms with E-state index in [9.17, 15) is 13.2 Å². The summed E-state index contributed by atoms with van der Waals surface area (Å²) in [5.41, 5.74) is 1.59. The molecule has 5 nitrogen and oxygen atoms in total. The van der Waals surface area contributed by atoms with Gasteiger partial charge in [-0.25, -0.2) is 8.42 Å². The molecule has 0 bridgehead atoms. The zero-order chi connectivity index (χ0) is 15.9. The lowest BCUT2D eigenvalue weighted by molar-refractivity contribution is 0.0941. The Morgan fingerprint density at radius 1 is 1.32 bits per heavy atom. The summed E-state index contributed by atoms with van der Waals surface area (Å²) in [5.74, 6) is 0.0109. The van der Waals surface area contributed by atoms with Crippen LogP contribution in [0.2, 0.25) is 0 Å². The van der Waals surface area contributed by atoms with Crippen molar-refractivity contribution < 1.29 is 13.2 Å². The molecule has 0 unspecified atom stereocenters. The van der Waals surface area contributed by atoms with E-state index in [-0.39, 0.29) is 23.5 Å². The Kier molecular flexibility index (Phi) is 3.86. The van der Waals surface area contributed by atoms with Crippen molar-refractivity contribution in [2.45, 2.75) is 26.3 Å². The summed E-state index contributed by atoms with van der Waals surface area (Å²) < 4.78 is 25.0. The smallest absolute Gasteiger partial charge is 0.254 e. The van der Waals surface area contributed by atoms with Crippen LogP contribution in [0.15, 0.2) is 24.5 Å². The van der Waals surface area contributed by atoms with Crippen LogP contribution >= 0.6 is 11.3 Å². The maximum atomic E-state index is 12.6. The van der Waals surface area contributed by atoms with Crippen molar-refractivity contribution >= 4 is 27.1 Å². The van der Waals surface area contributed by atoms with Gasteiger partial charge in [-0.3, -0.25) is 4.79 Å². The molecule has 1 aliphatic rings. The number of amides is 1. The second-order valence-corrected chi connectivity index (χ2v) is 9.06. The summed E-state index contributed by atoms with van der Waals surface area (Å²) in [5, 5.41) is 3.76. The number of thiophene rings is 1. The van der Waals surface area contributed by atoms with Crippen molar-refractivity contribution in [3.63, 3.8) is 0 Å². The zero-order valence-electron chi connectivity index (χ0n) is 12.5. The summed E-state index contributed by atoms with van der Waals surface area (Å²) in [6.07, 6.45) is 4.30. The minimum Gasteiger partial charge on any atom is -0.348 e. The van der Waals surface area contributed by atoms with Crippen LogP contribution in [0.3, 0.4) is 0 Å². The first-order valence-electron chi connectivity index (χ1n) is 7.12. The van der Waals surface area contributed by atoms with Crippen LogP contribution in [-0.2, 0) is 9.84 Å². The highest BCUT2D eigenvalue weighted by Crippen LogP contribution is 2.31. The number of hydrogen-bond acceptors (Lipinski definition) is 4. The molecule has 2 aromatic heterocycles. The number of hydrogen-bond donors (Lipinski definition) is 1. The number of aromatic nitrogens is 1. The molecule has 0 aliphatic carbocycles. The first-order valence-corrected chi connectivity index (χ1v) is 9.76. The predicted octanol–water partition coefficient (Wildman–Crippen LogP) is 2.07. The molecule has 1 saturated heterocycles. The van der Waals surface area contributed by atoms with Gasteiger partial charge in [-0.1, -0.05) is 0 Å². The lowest BCUT2D eigenvalue weighted by Crippen LogP contribution is -2.36. The quantitative estimate of drug-likeness (QED) is 0.931. The number of nitrogens with zero attached hydrogens (tertiary/aromatic N) is 1. The van der Waals surface area contributed by atoms with E-state index in [1.165, 1.54) is 0 Å². The van der Waals surface area contributed by atoms with Crippen molar-refractivity contribution in [3.8, 4) is 5.00 Å². The third-order valence-electron chi connectivity index (χ3n) is 4.00. The molecule has 1 N–H and O–H groups in total. The third-order valence-corrected chi connectivity index (χ3v) is 6.99. The molecule has 1 atom stereocenters. The molecule has 0 saturated carbocycles. The summed E-state index contributed by atoms with van der Waals surface area (Å²) >= 11 is 1.57. The minimum absolute atomic E-state index is 0.0414. The number of carbonyl (C=O) groups excluding carboxylic acids is 1. The Bertz CT molecular complexity index is 804. The monoisotopic (exact) mass is 338 g/mol. The molecule has 0 spiro atoms. The predicted molar refractivity (Wildman–Crippen MR) is 87.6 cm³/mol. The van der Waals surface area contributed by atoms with Crippen LogP contribution in [0.5, 0.6) is 0 Å². The highest BCUT2D eigenvalue weighted by molar-refractivity contribution is 7.91. The highest BCUT2D eigenvalue weighted by Gasteiger charge is 2.30. The average molecular weight is 338 g/mol. The van der Waals surface area contributed by atoms with Gasteiger partial charge in [0.25, 0.3) is 5.91 Å². The zero-order valence-corrected chi connectivity index (χ0v) is 14.1. The van der Waals surface area contributed by atoms with Gasteiger partial charge in [0.05, 0.1) is 17.1 Å². The van der Waals surface area contributed by atoms with Crippen molar-refractivity contribution in [1.29, 1.82) is 0 Å². The molecule has 1 aliphatic heterocycles. The molecule has 118 valence electrons. The maximum Gasteiger partial charge on any atom is 0.254 e. The average Bonchev–Trinajstić information content (AvgIpc) is 3.12. The SMILES string of the molecule is Cc1sc(-n2cccc2)c(C(=O)N[C@@H]2CCS(=O)(=O)C2)c1C. The Morgan fingerprint density at radius 3 is 2.59 bits per heavy atom. The van der Waals surface area contributed by atoms with Crippen LogP contribution in [0.1, 0.15) is 27.2 Å². The van der Waals surface area contributed by atoms with Crippen molar-refractivity contribution in [1.82, 2.24) is 9.88 Å². The molecule has 1 amide bonds. The number of sulfone groups is 1. The van der Waals surface area contributed by atoms with Gasteiger partial charge in [0.1, 0.15) is 5.00 Å². The van der Waals surface area contributed by atoms with Gasteiger partial charge in [0, 0.05) is 23.3 Å². The Hall–Kier alpha value is -1.60. The Balaban J connectivity index is 1.90. The molecule has 3 heterocycles. The molecular formula is C15H18N2O3S2. The van der Waals surface area contributed by atoms with Gasteiger partial charge < -0.3 is 9.88 Å². The number of rotatable bonds is 3. The fraction of sp³-hybridized carbons (Fsp3) is 0.400. The standard InChI is InChI=1S/C15H18N2O3S2/c1-10-11(2)21-15(17-6-3-4-7-17)13(10)14(18)16-12-5-8-22(19,20)9-12/h3-4,6-7,12H,5,8-9H2,1-2H3,(H,16,18)/t12-/m1/s1. The van der Waals surface area contributed by atoms with E-state index in [0.717, 1.165) is 15.4 Å². The normalized spacial score (nSPS) is 20.2. The second kappa shape index (κ2) is 5.55. The maximum absolute atomic E-state index is 12.6. The largest absolute Gasteiger partial charge is 0.348 e. The summed E-state index contributed by atoms with van der Waals surface area (Å²) in [6.45, 7) is 3.92. The van der Waals surface area contributed by atoms with Gasteiger partial charge in [-0.15, -0.1) is 11.3 Å². The minimum atomic E-state index is -3.00. The van der Waals surface area contributed by atoms with Crippen LogP contribution in [-0.4, -0.2) is 36.4 Å². The van der Waals surface area contributed by atoms with Gasteiger partial charge in [-0.05, 0) is 38.0 Å². The Morgan fingerprint density at radius 2 is 2.00 bits per heavy atom. The molecule has 2 aromatic rings. The third kappa shape index (κ3) is 2.83. The second-order valence-electron chi connectivity index (χ2n) is 5.63. The van der Waals surface area contributed by atoms with E-state index in [4.69, 9.17) is 0 Å². The topological polar surface area (TPSA) is 68.2 Å². The Labute approximate surface area is 133 Å². The molecule has 7 heteroatoms. The van der Waals surface area contributed by atoms with Crippen molar-refractivity contribution in [2.24, 2.45) is 0 Å². The number of carbonyl (C=O) groups is 1. The van der Waals surface area contributed by atoms with E-state index in [2.05, 4.69) is 5.32 Å².